The van der Waals surface area contributed by atoms with E-state index in [9.17, 15) is 9.90 Å². The summed E-state index contributed by atoms with van der Waals surface area (Å²) in [4.78, 5) is 11.9. The molecule has 1 aliphatic rings. The van der Waals surface area contributed by atoms with Gasteiger partial charge in [0.1, 0.15) is 5.41 Å². The predicted molar refractivity (Wildman–Crippen MR) is 89.1 cm³/mol. The first-order valence-electron chi connectivity index (χ1n) is 7.27. The van der Waals surface area contributed by atoms with Gasteiger partial charge in [0.15, 0.2) is 0 Å². The first-order chi connectivity index (χ1) is 10.5. The molecular formula is C19H17ClO2. The molecule has 0 aromatic heterocycles. The molecule has 0 spiro atoms. The van der Waals surface area contributed by atoms with Crippen molar-refractivity contribution in [3.8, 4) is 0 Å². The van der Waals surface area contributed by atoms with Crippen molar-refractivity contribution in [1.82, 2.24) is 0 Å². The number of carboxylic acid groups (broad SMARTS) is 1. The highest BCUT2D eigenvalue weighted by Crippen LogP contribution is 2.57. The lowest BCUT2D eigenvalue weighted by Crippen LogP contribution is -2.22. The monoisotopic (exact) mass is 312 g/mol. The molecule has 0 amide bonds. The van der Waals surface area contributed by atoms with E-state index in [2.05, 4.69) is 0 Å². The number of benzene rings is 2. The molecule has 0 bridgehead atoms. The molecule has 2 nitrogen and oxygen atoms in total. The number of halogens is 1. The summed E-state index contributed by atoms with van der Waals surface area (Å²) < 4.78 is 0. The van der Waals surface area contributed by atoms with Crippen molar-refractivity contribution in [2.45, 2.75) is 18.8 Å². The van der Waals surface area contributed by atoms with E-state index in [-0.39, 0.29) is 5.92 Å². The second-order valence-corrected chi connectivity index (χ2v) is 6.25. The van der Waals surface area contributed by atoms with Crippen LogP contribution in [0.3, 0.4) is 0 Å². The molecule has 1 fully saturated rings. The Kier molecular flexibility index (Phi) is 3.79. The molecule has 1 saturated carbocycles. The van der Waals surface area contributed by atoms with Crippen LogP contribution in [0.2, 0.25) is 5.02 Å². The Hall–Kier alpha value is -2.06. The fourth-order valence-electron chi connectivity index (χ4n) is 2.96. The number of allylic oxidation sites excluding steroid dienone is 1. The summed E-state index contributed by atoms with van der Waals surface area (Å²) in [7, 11) is 0. The van der Waals surface area contributed by atoms with E-state index < -0.39 is 11.4 Å². The van der Waals surface area contributed by atoms with Crippen LogP contribution in [0.5, 0.6) is 0 Å². The Morgan fingerprint density at radius 2 is 2.00 bits per heavy atom. The molecule has 112 valence electrons. The van der Waals surface area contributed by atoms with Gasteiger partial charge in [-0.15, -0.1) is 0 Å². The number of aliphatic carboxylic acids is 1. The molecule has 1 aliphatic carbocycles. The number of carboxylic acids is 1. The lowest BCUT2D eigenvalue weighted by atomic mass is 9.92. The molecule has 2 atom stereocenters. The molecule has 22 heavy (non-hydrogen) atoms. The van der Waals surface area contributed by atoms with Crippen molar-refractivity contribution >= 4 is 23.6 Å². The summed E-state index contributed by atoms with van der Waals surface area (Å²) in [5, 5.41) is 10.3. The minimum absolute atomic E-state index is 0.0228. The fraction of sp³-hybridized carbons (Fsp3) is 0.211. The second kappa shape index (κ2) is 5.62. The average molecular weight is 313 g/mol. The third kappa shape index (κ3) is 2.55. The Morgan fingerprint density at radius 1 is 1.27 bits per heavy atom. The van der Waals surface area contributed by atoms with Gasteiger partial charge in [-0.25, -0.2) is 0 Å². The number of carbonyl (C=O) groups is 1. The molecular weight excluding hydrogens is 296 g/mol. The molecule has 0 radical (unpaired) electrons. The van der Waals surface area contributed by atoms with E-state index in [1.165, 1.54) is 0 Å². The van der Waals surface area contributed by atoms with Gasteiger partial charge in [-0.1, -0.05) is 66.2 Å². The van der Waals surface area contributed by atoms with Gasteiger partial charge in [0.05, 0.1) is 0 Å². The van der Waals surface area contributed by atoms with Crippen molar-refractivity contribution in [2.24, 2.45) is 5.92 Å². The van der Waals surface area contributed by atoms with Crippen molar-refractivity contribution in [3.63, 3.8) is 0 Å². The van der Waals surface area contributed by atoms with Crippen LogP contribution in [0, 0.1) is 12.8 Å². The smallest absolute Gasteiger partial charge is 0.314 e. The van der Waals surface area contributed by atoms with Crippen molar-refractivity contribution in [3.05, 3.63) is 76.3 Å². The highest BCUT2D eigenvalue weighted by Gasteiger charge is 2.61. The molecule has 2 aromatic carbocycles. The average Bonchev–Trinajstić information content (AvgIpc) is 3.22. The zero-order chi connectivity index (χ0) is 15.7. The zero-order valence-corrected chi connectivity index (χ0v) is 13.0. The van der Waals surface area contributed by atoms with Gasteiger partial charge in [0.25, 0.3) is 0 Å². The van der Waals surface area contributed by atoms with E-state index in [1.807, 2.05) is 67.6 Å². The first-order valence-corrected chi connectivity index (χ1v) is 7.65. The highest BCUT2D eigenvalue weighted by molar-refractivity contribution is 6.32. The highest BCUT2D eigenvalue weighted by atomic mass is 35.5. The summed E-state index contributed by atoms with van der Waals surface area (Å²) in [6, 6.07) is 15.5. The first kappa shape index (κ1) is 14.9. The predicted octanol–water partition coefficient (Wildman–Crippen LogP) is 4.70. The number of hydrogen-bond donors (Lipinski definition) is 1. The molecule has 1 N–H and O–H groups in total. The van der Waals surface area contributed by atoms with Gasteiger partial charge in [-0.2, -0.15) is 0 Å². The largest absolute Gasteiger partial charge is 0.481 e. The second-order valence-electron chi connectivity index (χ2n) is 5.84. The Balaban J connectivity index is 1.90. The van der Waals surface area contributed by atoms with Crippen LogP contribution in [0.25, 0.3) is 6.08 Å². The molecule has 2 unspecified atom stereocenters. The van der Waals surface area contributed by atoms with E-state index in [0.717, 1.165) is 16.7 Å². The van der Waals surface area contributed by atoms with Crippen LogP contribution in [-0.2, 0) is 10.2 Å². The lowest BCUT2D eigenvalue weighted by molar-refractivity contribution is -0.140. The Bertz CT molecular complexity index is 736. The van der Waals surface area contributed by atoms with Gasteiger partial charge in [0, 0.05) is 5.02 Å². The van der Waals surface area contributed by atoms with Crippen LogP contribution in [0.15, 0.2) is 54.6 Å². The van der Waals surface area contributed by atoms with Crippen LogP contribution < -0.4 is 0 Å². The maximum Gasteiger partial charge on any atom is 0.314 e. The lowest BCUT2D eigenvalue weighted by Gasteiger charge is -2.14. The molecule has 3 heteroatoms. The molecule has 0 heterocycles. The van der Waals surface area contributed by atoms with Gasteiger partial charge in [-0.05, 0) is 42.0 Å². The minimum Gasteiger partial charge on any atom is -0.481 e. The van der Waals surface area contributed by atoms with Crippen molar-refractivity contribution in [1.29, 1.82) is 0 Å². The third-order valence-corrected chi connectivity index (χ3v) is 4.63. The summed E-state index contributed by atoms with van der Waals surface area (Å²) in [5.74, 6) is -0.827. The third-order valence-electron chi connectivity index (χ3n) is 4.32. The maximum absolute atomic E-state index is 11.9. The van der Waals surface area contributed by atoms with Crippen molar-refractivity contribution < 1.29 is 9.90 Å². The minimum atomic E-state index is -0.879. The van der Waals surface area contributed by atoms with Crippen LogP contribution in [0.1, 0.15) is 23.1 Å². The standard InChI is InChI=1S/C19H17ClO2/c1-13-7-10-16(17(20)11-13)19(18(21)22)12-15(19)9-8-14-5-3-2-4-6-14/h2-11,15H,12H2,1H3,(H,21,22). The summed E-state index contributed by atoms with van der Waals surface area (Å²) in [6.45, 7) is 1.95. The van der Waals surface area contributed by atoms with E-state index in [4.69, 9.17) is 11.6 Å². The number of aryl methyl sites for hydroxylation is 1. The molecule has 3 rings (SSSR count). The SMILES string of the molecule is Cc1ccc(C2(C(=O)O)CC2C=Cc2ccccc2)c(Cl)c1. The Labute approximate surface area is 135 Å². The van der Waals surface area contributed by atoms with Crippen LogP contribution >= 0.6 is 11.6 Å². The quantitative estimate of drug-likeness (QED) is 0.888. The summed E-state index contributed by atoms with van der Waals surface area (Å²) in [6.07, 6.45) is 4.56. The molecule has 0 saturated heterocycles. The van der Waals surface area contributed by atoms with Gasteiger partial charge >= 0.3 is 5.97 Å². The van der Waals surface area contributed by atoms with Gasteiger partial charge in [0.2, 0.25) is 0 Å². The molecule has 2 aromatic rings. The van der Waals surface area contributed by atoms with Crippen molar-refractivity contribution in [2.75, 3.05) is 0 Å². The fourth-order valence-corrected chi connectivity index (χ4v) is 3.37. The zero-order valence-electron chi connectivity index (χ0n) is 12.3. The van der Waals surface area contributed by atoms with Crippen LogP contribution in [0.4, 0.5) is 0 Å². The van der Waals surface area contributed by atoms with E-state index in [1.54, 1.807) is 0 Å². The van der Waals surface area contributed by atoms with Crippen LogP contribution in [-0.4, -0.2) is 11.1 Å². The van der Waals surface area contributed by atoms with Gasteiger partial charge in [-0.3, -0.25) is 4.79 Å². The maximum atomic E-state index is 11.9. The summed E-state index contributed by atoms with van der Waals surface area (Å²) in [5.41, 5.74) is 1.95. The van der Waals surface area contributed by atoms with Gasteiger partial charge < -0.3 is 5.11 Å². The van der Waals surface area contributed by atoms with E-state index >= 15 is 0 Å². The normalized spacial score (nSPS) is 23.6. The molecule has 0 aliphatic heterocycles. The number of hydrogen-bond acceptors (Lipinski definition) is 1. The number of rotatable bonds is 4. The van der Waals surface area contributed by atoms with E-state index in [0.29, 0.717) is 11.4 Å². The Morgan fingerprint density at radius 3 is 2.64 bits per heavy atom. The summed E-state index contributed by atoms with van der Waals surface area (Å²) >= 11 is 6.29. The topological polar surface area (TPSA) is 37.3 Å².